The second-order valence-electron chi connectivity index (χ2n) is 9.78. The molecule has 0 atom stereocenters. The summed E-state index contributed by atoms with van der Waals surface area (Å²) < 4.78 is 19.2. The van der Waals surface area contributed by atoms with Crippen molar-refractivity contribution in [3.05, 3.63) is 113 Å². The van der Waals surface area contributed by atoms with Gasteiger partial charge in [-0.1, -0.05) is 18.2 Å². The number of nitrogens with two attached hydrogens (primary N) is 1. The molecule has 0 radical (unpaired) electrons. The Balaban J connectivity index is 1.34. The highest BCUT2D eigenvalue weighted by atomic mass is 19.1. The number of carbonyl (C=O) groups is 2. The van der Waals surface area contributed by atoms with E-state index in [1.807, 2.05) is 13.0 Å². The van der Waals surface area contributed by atoms with Crippen LogP contribution in [0.1, 0.15) is 56.3 Å². The molecule has 1 aliphatic carbocycles. The molecule has 3 aromatic heterocycles. The lowest BCUT2D eigenvalue weighted by Gasteiger charge is -2.16. The molecule has 0 spiro atoms. The summed E-state index contributed by atoms with van der Waals surface area (Å²) in [6, 6.07) is 14.9. The molecule has 3 N–H and O–H groups in total. The van der Waals surface area contributed by atoms with Crippen molar-refractivity contribution in [3.8, 4) is 11.1 Å². The van der Waals surface area contributed by atoms with Gasteiger partial charge in [-0.05, 0) is 72.9 Å². The van der Waals surface area contributed by atoms with Gasteiger partial charge in [0.05, 0.1) is 10.9 Å². The Bertz CT molecular complexity index is 1730. The largest absolute Gasteiger partial charge is 0.442 e. The fourth-order valence-corrected chi connectivity index (χ4v) is 4.80. The number of furan rings is 1. The van der Waals surface area contributed by atoms with E-state index in [1.54, 1.807) is 55.0 Å². The number of hydrogen-bond donors (Lipinski definition) is 2. The van der Waals surface area contributed by atoms with Gasteiger partial charge in [-0.2, -0.15) is 0 Å². The van der Waals surface area contributed by atoms with Crippen LogP contribution >= 0.6 is 0 Å². The van der Waals surface area contributed by atoms with Crippen molar-refractivity contribution in [2.24, 2.45) is 5.73 Å². The molecule has 5 aromatic rings. The first-order chi connectivity index (χ1) is 18.8. The second-order valence-corrected chi connectivity index (χ2v) is 9.78. The van der Waals surface area contributed by atoms with Crippen LogP contribution in [-0.2, 0) is 12.0 Å². The van der Waals surface area contributed by atoms with Crippen molar-refractivity contribution in [3.63, 3.8) is 0 Å². The molecule has 8 nitrogen and oxygen atoms in total. The maximum absolute atomic E-state index is 13.3. The Morgan fingerprint density at radius 1 is 1.05 bits per heavy atom. The number of rotatable bonds is 7. The number of hydrogen-bond acceptors (Lipinski definition) is 6. The van der Waals surface area contributed by atoms with Gasteiger partial charge >= 0.3 is 0 Å². The minimum Gasteiger partial charge on any atom is -0.442 e. The smallest absolute Gasteiger partial charge is 0.252 e. The fourth-order valence-electron chi connectivity index (χ4n) is 4.80. The SMILES string of the molecule is Cc1ccc(C(=O)NC2(c3ncccn3)CC2)cc1-c1cnc2oc(Cc3ccc(F)cc3)c(C(N)=O)c2c1. The number of pyridine rings is 1. The minimum absolute atomic E-state index is 0.224. The first-order valence-electron chi connectivity index (χ1n) is 12.5. The highest BCUT2D eigenvalue weighted by Crippen LogP contribution is 2.44. The Kier molecular flexibility index (Phi) is 5.91. The van der Waals surface area contributed by atoms with Gasteiger partial charge in [0.25, 0.3) is 11.8 Å². The van der Waals surface area contributed by atoms with E-state index in [1.165, 1.54) is 12.1 Å². The molecule has 0 unspecified atom stereocenters. The molecule has 1 fully saturated rings. The van der Waals surface area contributed by atoms with Gasteiger partial charge in [-0.15, -0.1) is 0 Å². The molecule has 1 aliphatic rings. The zero-order valence-electron chi connectivity index (χ0n) is 21.1. The van der Waals surface area contributed by atoms with Gasteiger partial charge in [0.1, 0.15) is 17.1 Å². The lowest BCUT2D eigenvalue weighted by molar-refractivity contribution is 0.0927. The number of aromatic nitrogens is 3. The normalized spacial score (nSPS) is 13.8. The van der Waals surface area contributed by atoms with E-state index >= 15 is 0 Å². The average molecular weight is 522 g/mol. The van der Waals surface area contributed by atoms with Crippen molar-refractivity contribution in [1.29, 1.82) is 0 Å². The quantitative estimate of drug-likeness (QED) is 0.316. The van der Waals surface area contributed by atoms with Gasteiger partial charge < -0.3 is 15.5 Å². The standard InChI is InChI=1S/C30H24FN5O3/c1-17-3-6-19(27(38)36-30(9-10-30)29-33-11-2-12-34-29)14-22(17)20-15-23-25(26(32)37)24(39-28(23)35-16-20)13-18-4-7-21(31)8-5-18/h2-8,11-12,14-16H,9-10,13H2,1H3,(H2,32,37)(H,36,38). The molecule has 1 saturated carbocycles. The van der Waals surface area contributed by atoms with Crippen molar-refractivity contribution in [2.45, 2.75) is 31.7 Å². The summed E-state index contributed by atoms with van der Waals surface area (Å²) >= 11 is 0. The van der Waals surface area contributed by atoms with E-state index in [4.69, 9.17) is 10.2 Å². The molecule has 9 heteroatoms. The van der Waals surface area contributed by atoms with E-state index < -0.39 is 11.4 Å². The van der Waals surface area contributed by atoms with Crippen LogP contribution in [0.2, 0.25) is 0 Å². The Labute approximate surface area is 223 Å². The third-order valence-corrected chi connectivity index (χ3v) is 7.05. The first kappa shape index (κ1) is 24.4. The van der Waals surface area contributed by atoms with Crippen LogP contribution in [0.25, 0.3) is 22.2 Å². The van der Waals surface area contributed by atoms with E-state index in [-0.39, 0.29) is 29.4 Å². The van der Waals surface area contributed by atoms with Gasteiger partial charge in [0.2, 0.25) is 5.71 Å². The van der Waals surface area contributed by atoms with Crippen LogP contribution in [0.3, 0.4) is 0 Å². The van der Waals surface area contributed by atoms with Crippen LogP contribution in [0.5, 0.6) is 0 Å². The Hall–Kier alpha value is -4.92. The van der Waals surface area contributed by atoms with E-state index in [9.17, 15) is 14.0 Å². The molecule has 0 aliphatic heterocycles. The van der Waals surface area contributed by atoms with E-state index in [0.717, 1.165) is 29.5 Å². The van der Waals surface area contributed by atoms with Crippen LogP contribution in [0, 0.1) is 12.7 Å². The number of fused-ring (bicyclic) bond motifs is 1. The third-order valence-electron chi connectivity index (χ3n) is 7.05. The first-order valence-corrected chi connectivity index (χ1v) is 12.5. The second kappa shape index (κ2) is 9.43. The summed E-state index contributed by atoms with van der Waals surface area (Å²) in [6.45, 7) is 1.94. The van der Waals surface area contributed by atoms with Gasteiger partial charge in [-0.25, -0.2) is 19.3 Å². The highest BCUT2D eigenvalue weighted by molar-refractivity contribution is 6.06. The molecular weight excluding hydrogens is 497 g/mol. The van der Waals surface area contributed by atoms with Crippen molar-refractivity contribution in [2.75, 3.05) is 0 Å². The summed E-state index contributed by atoms with van der Waals surface area (Å²) in [5.74, 6) is -0.255. The summed E-state index contributed by atoms with van der Waals surface area (Å²) in [7, 11) is 0. The van der Waals surface area contributed by atoms with Crippen molar-refractivity contribution in [1.82, 2.24) is 20.3 Å². The summed E-state index contributed by atoms with van der Waals surface area (Å²) in [4.78, 5) is 38.8. The van der Waals surface area contributed by atoms with Crippen molar-refractivity contribution >= 4 is 22.9 Å². The molecule has 3 heterocycles. The topological polar surface area (TPSA) is 124 Å². The lowest BCUT2D eigenvalue weighted by Crippen LogP contribution is -2.36. The predicted octanol–water partition coefficient (Wildman–Crippen LogP) is 4.84. The van der Waals surface area contributed by atoms with Crippen LogP contribution in [-0.4, -0.2) is 26.8 Å². The molecule has 0 bridgehead atoms. The number of halogens is 1. The van der Waals surface area contributed by atoms with E-state index in [0.29, 0.717) is 28.1 Å². The summed E-state index contributed by atoms with van der Waals surface area (Å²) in [5.41, 5.74) is 9.38. The highest BCUT2D eigenvalue weighted by Gasteiger charge is 2.48. The number of aryl methyl sites for hydroxylation is 1. The average Bonchev–Trinajstić information content (AvgIpc) is 3.62. The molecule has 2 aromatic carbocycles. The van der Waals surface area contributed by atoms with E-state index in [2.05, 4.69) is 20.3 Å². The molecule has 0 saturated heterocycles. The van der Waals surface area contributed by atoms with Crippen molar-refractivity contribution < 1.29 is 18.4 Å². The van der Waals surface area contributed by atoms with Gasteiger partial charge in [0.15, 0.2) is 5.82 Å². The molecule has 6 rings (SSSR count). The molecule has 2 amide bonds. The molecule has 194 valence electrons. The summed E-state index contributed by atoms with van der Waals surface area (Å²) in [6.07, 6.45) is 6.79. The zero-order valence-corrected chi connectivity index (χ0v) is 21.1. The number of nitrogens with zero attached hydrogens (tertiary/aromatic N) is 3. The van der Waals surface area contributed by atoms with Gasteiger partial charge in [0, 0.05) is 36.1 Å². The van der Waals surface area contributed by atoms with Gasteiger partial charge in [-0.3, -0.25) is 9.59 Å². The number of amides is 2. The minimum atomic E-state index is -0.646. The van der Waals surface area contributed by atoms with Crippen LogP contribution < -0.4 is 11.1 Å². The van der Waals surface area contributed by atoms with Crippen LogP contribution in [0.15, 0.2) is 77.6 Å². The number of primary amides is 1. The molecular formula is C30H24FN5O3. The fraction of sp³-hybridized carbons (Fsp3) is 0.167. The number of benzene rings is 2. The zero-order chi connectivity index (χ0) is 27.1. The van der Waals surface area contributed by atoms with Crippen LogP contribution in [0.4, 0.5) is 4.39 Å². The molecule has 39 heavy (non-hydrogen) atoms. The number of carbonyl (C=O) groups excluding carboxylic acids is 2. The lowest BCUT2D eigenvalue weighted by atomic mass is 9.97. The third kappa shape index (κ3) is 4.63. The Morgan fingerprint density at radius 2 is 1.79 bits per heavy atom. The Morgan fingerprint density at radius 3 is 2.49 bits per heavy atom. The summed E-state index contributed by atoms with van der Waals surface area (Å²) in [5, 5.41) is 3.58. The predicted molar refractivity (Wildman–Crippen MR) is 142 cm³/mol. The number of nitrogens with one attached hydrogen (secondary N) is 1. The maximum Gasteiger partial charge on any atom is 0.252 e. The monoisotopic (exact) mass is 521 g/mol. The maximum atomic E-state index is 13.3.